The minimum absolute atomic E-state index is 0.0560. The van der Waals surface area contributed by atoms with Gasteiger partial charge < -0.3 is 20.5 Å². The predicted molar refractivity (Wildman–Crippen MR) is 210 cm³/mol. The number of pyridine rings is 1. The van der Waals surface area contributed by atoms with Crippen LogP contribution in [0.3, 0.4) is 0 Å². The van der Waals surface area contributed by atoms with Crippen molar-refractivity contribution < 1.29 is 14.4 Å². The Kier molecular flexibility index (Phi) is 10.2. The minimum Gasteiger partial charge on any atom is -0.341 e. The third-order valence-electron chi connectivity index (χ3n) is 8.57. The molecule has 7 rings (SSSR count). The number of carbonyl (C=O) groups excluding carboxylic acids is 3. The number of carbonyl (C=O) groups is 3. The lowest BCUT2D eigenvalue weighted by Gasteiger charge is -2.18. The maximum atomic E-state index is 14.1. The lowest BCUT2D eigenvalue weighted by molar-refractivity contribution is -0.116. The fraction of sp³-hybridized carbons (Fsp3) is 0.0698. The lowest BCUT2D eigenvalue weighted by Crippen LogP contribution is -2.30. The summed E-state index contributed by atoms with van der Waals surface area (Å²) in [6.45, 7) is 2.97. The Morgan fingerprint density at radius 2 is 1.46 bits per heavy atom. The van der Waals surface area contributed by atoms with Crippen molar-refractivity contribution in [1.29, 1.82) is 0 Å². The molecule has 1 atom stereocenters. The number of benzene rings is 5. The lowest BCUT2D eigenvalue weighted by atomic mass is 10.1. The van der Waals surface area contributed by atoms with Crippen molar-refractivity contribution >= 4 is 68.7 Å². The Balaban J connectivity index is 1.13. The second-order valence-corrected chi connectivity index (χ2v) is 13.2. The number of nitrogens with one attached hydrogen (secondary N) is 3. The van der Waals surface area contributed by atoms with Gasteiger partial charge in [0.2, 0.25) is 5.91 Å². The van der Waals surface area contributed by atoms with Gasteiger partial charge in [0, 0.05) is 62.6 Å². The van der Waals surface area contributed by atoms with E-state index in [2.05, 4.69) is 50.6 Å². The quantitative estimate of drug-likeness (QED) is 0.0922. The molecule has 0 aliphatic heterocycles. The monoisotopic (exact) mass is 701 g/mol. The molecule has 9 heteroatoms. The summed E-state index contributed by atoms with van der Waals surface area (Å²) in [5.74, 6) is -1.09. The normalized spacial score (nSPS) is 12.0. The van der Waals surface area contributed by atoms with E-state index in [9.17, 15) is 14.4 Å². The number of aryl methyl sites for hydroxylation is 1. The van der Waals surface area contributed by atoms with Crippen molar-refractivity contribution in [2.75, 3.05) is 10.6 Å². The first-order valence-corrected chi connectivity index (χ1v) is 17.8. The van der Waals surface area contributed by atoms with E-state index in [1.165, 1.54) is 11.8 Å². The first kappa shape index (κ1) is 34.0. The van der Waals surface area contributed by atoms with E-state index in [4.69, 9.17) is 0 Å². The van der Waals surface area contributed by atoms with E-state index in [0.717, 1.165) is 38.8 Å². The maximum Gasteiger partial charge on any atom is 0.272 e. The summed E-state index contributed by atoms with van der Waals surface area (Å²) in [6.07, 6.45) is 4.82. The number of amides is 3. The molecule has 1 unspecified atom stereocenters. The molecule has 0 saturated carbocycles. The van der Waals surface area contributed by atoms with Gasteiger partial charge in [-0.1, -0.05) is 78.9 Å². The molecule has 3 N–H and O–H groups in total. The zero-order valence-corrected chi connectivity index (χ0v) is 29.1. The summed E-state index contributed by atoms with van der Waals surface area (Å²) in [5, 5.41) is 10.5. The van der Waals surface area contributed by atoms with E-state index in [1.54, 1.807) is 60.9 Å². The van der Waals surface area contributed by atoms with Crippen LogP contribution >= 0.6 is 11.8 Å². The minimum atomic E-state index is -0.592. The number of fused-ring (bicyclic) bond motifs is 3. The summed E-state index contributed by atoms with van der Waals surface area (Å²) >= 11 is 1.38. The van der Waals surface area contributed by atoms with Gasteiger partial charge in [-0.25, -0.2) is 0 Å². The highest BCUT2D eigenvalue weighted by Gasteiger charge is 2.23. The van der Waals surface area contributed by atoms with Gasteiger partial charge in [0.25, 0.3) is 11.8 Å². The molecule has 2 aromatic heterocycles. The van der Waals surface area contributed by atoms with Crippen molar-refractivity contribution in [3.63, 3.8) is 0 Å². The summed E-state index contributed by atoms with van der Waals surface area (Å²) < 4.78 is 2.28. The molecule has 0 aliphatic rings. The second-order valence-electron chi connectivity index (χ2n) is 12.0. The largest absolute Gasteiger partial charge is 0.341 e. The number of aromatic nitrogens is 2. The molecule has 7 aromatic rings. The van der Waals surface area contributed by atoms with Crippen LogP contribution in [-0.4, -0.2) is 27.3 Å². The summed E-state index contributed by atoms with van der Waals surface area (Å²) in [6, 6.07) is 43.5. The molecule has 5 aromatic carbocycles. The van der Waals surface area contributed by atoms with Crippen molar-refractivity contribution in [3.05, 3.63) is 174 Å². The number of para-hydroxylation sites is 1. The average Bonchev–Trinajstić information content (AvgIpc) is 3.50. The highest BCUT2D eigenvalue weighted by Crippen LogP contribution is 2.38. The van der Waals surface area contributed by atoms with Crippen LogP contribution in [0.15, 0.2) is 163 Å². The third-order valence-corrected chi connectivity index (χ3v) is 9.81. The molecule has 0 spiro atoms. The first-order valence-electron chi connectivity index (χ1n) is 16.9. The first-order chi connectivity index (χ1) is 25.5. The van der Waals surface area contributed by atoms with Crippen molar-refractivity contribution in [2.45, 2.75) is 23.6 Å². The Hall–Kier alpha value is -6.45. The Morgan fingerprint density at radius 3 is 2.23 bits per heavy atom. The summed E-state index contributed by atoms with van der Waals surface area (Å²) in [5.41, 5.74) is 5.46. The van der Waals surface area contributed by atoms with E-state index in [1.807, 2.05) is 78.9 Å². The van der Waals surface area contributed by atoms with Gasteiger partial charge in [-0.3, -0.25) is 19.4 Å². The molecule has 0 bridgehead atoms. The van der Waals surface area contributed by atoms with Crippen LogP contribution in [0, 0.1) is 0 Å². The highest BCUT2D eigenvalue weighted by atomic mass is 32.2. The van der Waals surface area contributed by atoms with Gasteiger partial charge >= 0.3 is 0 Å². The van der Waals surface area contributed by atoms with Crippen LogP contribution in [0.4, 0.5) is 11.4 Å². The molecule has 0 saturated heterocycles. The molecule has 52 heavy (non-hydrogen) atoms. The molecule has 0 fully saturated rings. The number of hydrogen-bond donors (Lipinski definition) is 3. The molecular weight excluding hydrogens is 667 g/mol. The molecule has 8 nitrogen and oxygen atoms in total. The topological polar surface area (TPSA) is 105 Å². The zero-order valence-electron chi connectivity index (χ0n) is 28.3. The van der Waals surface area contributed by atoms with E-state index in [0.29, 0.717) is 22.5 Å². The number of hydrogen-bond acceptors (Lipinski definition) is 5. The van der Waals surface area contributed by atoms with Gasteiger partial charge in [0.15, 0.2) is 0 Å². The number of anilines is 2. The molecule has 256 valence electrons. The van der Waals surface area contributed by atoms with Crippen LogP contribution in [0.5, 0.6) is 0 Å². The number of rotatable bonds is 11. The highest BCUT2D eigenvalue weighted by molar-refractivity contribution is 8.00. The average molecular weight is 702 g/mol. The van der Waals surface area contributed by atoms with Crippen LogP contribution in [0.1, 0.15) is 33.7 Å². The van der Waals surface area contributed by atoms with Crippen LogP contribution < -0.4 is 16.0 Å². The predicted octanol–water partition coefficient (Wildman–Crippen LogP) is 9.09. The number of thioether (sulfide) groups is 1. The van der Waals surface area contributed by atoms with Crippen LogP contribution in [-0.2, 0) is 16.1 Å². The SMILES string of the molecule is CCn1c2ccccc2c2cc(NC(=O)C(Sc3cccc(NC(=O)/C(=C/c4cccnc4)NC(=O)c4ccccc4)c3)c3ccccc3)ccc21. The fourth-order valence-electron chi connectivity index (χ4n) is 6.13. The van der Waals surface area contributed by atoms with Crippen molar-refractivity contribution in [2.24, 2.45) is 0 Å². The second kappa shape index (κ2) is 15.6. The molecular formula is C43H35N5O3S. The maximum absolute atomic E-state index is 14.1. The van der Waals surface area contributed by atoms with Gasteiger partial charge in [0.1, 0.15) is 10.9 Å². The standard InChI is InChI=1S/C43H35N5O3S/c1-2-48-38-21-10-9-20-35(38)36-27-33(22-23-39(36)48)46-43(51)40(30-14-5-3-6-15-30)52-34-19-11-18-32(26-34)45-42(50)37(25-29-13-12-24-44-28-29)47-41(49)31-16-7-4-8-17-31/h3-28,40H,2H2,1H3,(H,45,50)(H,46,51)(H,47,49)/b37-25-. The van der Waals surface area contributed by atoms with Crippen molar-refractivity contribution in [1.82, 2.24) is 14.9 Å². The summed E-state index contributed by atoms with van der Waals surface area (Å²) in [7, 11) is 0. The van der Waals surface area contributed by atoms with Gasteiger partial charge in [-0.05, 0) is 84.8 Å². The van der Waals surface area contributed by atoms with Crippen LogP contribution in [0.2, 0.25) is 0 Å². The van der Waals surface area contributed by atoms with E-state index in [-0.39, 0.29) is 11.6 Å². The van der Waals surface area contributed by atoms with Crippen LogP contribution in [0.25, 0.3) is 27.9 Å². The Morgan fingerprint density at radius 1 is 0.731 bits per heavy atom. The van der Waals surface area contributed by atoms with E-state index >= 15 is 0 Å². The summed E-state index contributed by atoms with van der Waals surface area (Å²) in [4.78, 5) is 45.7. The fourth-order valence-corrected chi connectivity index (χ4v) is 7.22. The van der Waals surface area contributed by atoms with Crippen molar-refractivity contribution in [3.8, 4) is 0 Å². The van der Waals surface area contributed by atoms with Gasteiger partial charge in [-0.2, -0.15) is 0 Å². The molecule has 2 heterocycles. The Bertz CT molecular complexity index is 2410. The van der Waals surface area contributed by atoms with Gasteiger partial charge in [-0.15, -0.1) is 11.8 Å². The van der Waals surface area contributed by atoms with E-state index < -0.39 is 17.1 Å². The molecule has 0 aliphatic carbocycles. The molecule has 3 amide bonds. The number of nitrogens with zero attached hydrogens (tertiary/aromatic N) is 2. The Labute approximate surface area is 305 Å². The zero-order chi connectivity index (χ0) is 35.9. The third kappa shape index (κ3) is 7.65. The molecule has 0 radical (unpaired) electrons. The smallest absolute Gasteiger partial charge is 0.272 e. The van der Waals surface area contributed by atoms with Gasteiger partial charge in [0.05, 0.1) is 0 Å².